The number of aryl methyl sites for hydroxylation is 1. The lowest BCUT2D eigenvalue weighted by Crippen LogP contribution is -2.47. The number of hydrogen-bond donors (Lipinski definition) is 1. The van der Waals surface area contributed by atoms with E-state index in [1.807, 2.05) is 7.05 Å². The highest BCUT2D eigenvalue weighted by Gasteiger charge is 2.38. The lowest BCUT2D eigenvalue weighted by molar-refractivity contribution is -0.192. The first kappa shape index (κ1) is 32.5. The number of aliphatic carboxylic acids is 1. The Kier molecular flexibility index (Phi) is 10.7. The number of rotatable bonds is 6. The number of benzene rings is 1. The molecular weight excluding hydrogens is 639 g/mol. The molecule has 3 aromatic rings. The van der Waals surface area contributed by atoms with E-state index in [-0.39, 0.29) is 40.7 Å². The Bertz CT molecular complexity index is 1490. The number of carboxylic acids is 1. The molecule has 3 heterocycles. The molecule has 1 N–H and O–H groups in total. The van der Waals surface area contributed by atoms with E-state index in [9.17, 15) is 31.5 Å². The molecule has 17 heteroatoms. The van der Waals surface area contributed by atoms with Gasteiger partial charge in [0.1, 0.15) is 34.2 Å². The first-order valence-electron chi connectivity index (χ1n) is 12.1. The van der Waals surface area contributed by atoms with Crippen LogP contribution in [0.3, 0.4) is 0 Å². The van der Waals surface area contributed by atoms with Gasteiger partial charge in [0.15, 0.2) is 0 Å². The second kappa shape index (κ2) is 13.8. The molecule has 226 valence electrons. The largest absolute Gasteiger partial charge is 0.490 e. The maximum Gasteiger partial charge on any atom is 0.490 e. The number of carboxylic acid groups (broad SMARTS) is 1. The average molecular weight is 663 g/mol. The summed E-state index contributed by atoms with van der Waals surface area (Å²) in [5.74, 6) is -4.04. The number of halogens is 6. The zero-order valence-corrected chi connectivity index (χ0v) is 23.7. The van der Waals surface area contributed by atoms with Crippen LogP contribution < -0.4 is 10.3 Å². The van der Waals surface area contributed by atoms with Gasteiger partial charge >= 0.3 is 12.1 Å². The first-order chi connectivity index (χ1) is 19.7. The Morgan fingerprint density at radius 1 is 1.10 bits per heavy atom. The van der Waals surface area contributed by atoms with E-state index in [0.717, 1.165) is 25.2 Å². The Morgan fingerprint density at radius 2 is 1.74 bits per heavy atom. The third-order valence-corrected chi connectivity index (χ3v) is 6.61. The molecule has 0 bridgehead atoms. The number of alkyl halides is 3. The number of ether oxygens (including phenoxy) is 1. The molecule has 0 saturated carbocycles. The smallest absolute Gasteiger partial charge is 0.475 e. The molecule has 1 aliphatic rings. The molecule has 1 aromatic carbocycles. The fourth-order valence-electron chi connectivity index (χ4n) is 3.56. The number of likely N-dealkylation sites (N-methyl/N-ethyl adjacent to an activating group) is 1. The van der Waals surface area contributed by atoms with Crippen molar-refractivity contribution in [2.24, 2.45) is 0 Å². The number of carbonyl (C=O) groups excluding carboxylic acids is 1. The summed E-state index contributed by atoms with van der Waals surface area (Å²) in [5, 5.41) is 7.12. The number of amides is 1. The molecule has 2 aromatic heterocycles. The quantitative estimate of drug-likeness (QED) is 0.396. The van der Waals surface area contributed by atoms with Gasteiger partial charge in [-0.1, -0.05) is 0 Å². The molecule has 4 rings (SSSR count). The standard InChI is InChI=1S/C23H23BrF2N6O3.C2HF3O2/c1-14-29-21(35-13-15-3-4-16(25)9-18(15)26)20(24)23(34)32(14)12-17-10-28-19(11-27-17)22(33)31-7-5-30(2)6-8-31;3-2(4,5)1(6)7/h3-4,9-11H,5-8,12-13H2,1-2H3;(H,6,7). The van der Waals surface area contributed by atoms with Crippen LogP contribution in [0.5, 0.6) is 5.88 Å². The fourth-order valence-corrected chi connectivity index (χ4v) is 3.98. The zero-order chi connectivity index (χ0) is 31.2. The van der Waals surface area contributed by atoms with Crippen molar-refractivity contribution < 1.29 is 41.4 Å². The minimum Gasteiger partial charge on any atom is -0.475 e. The first-order valence-corrected chi connectivity index (χ1v) is 12.9. The third-order valence-electron chi connectivity index (χ3n) is 5.93. The summed E-state index contributed by atoms with van der Waals surface area (Å²) in [5.41, 5.74) is 0.425. The highest BCUT2D eigenvalue weighted by molar-refractivity contribution is 9.10. The van der Waals surface area contributed by atoms with Gasteiger partial charge in [-0.25, -0.2) is 18.6 Å². The van der Waals surface area contributed by atoms with Crippen LogP contribution in [0.25, 0.3) is 0 Å². The second-order valence-corrected chi connectivity index (χ2v) is 9.78. The Labute approximate surface area is 243 Å². The molecule has 1 amide bonds. The summed E-state index contributed by atoms with van der Waals surface area (Å²) in [7, 11) is 2.01. The predicted octanol–water partition coefficient (Wildman–Crippen LogP) is 3.03. The van der Waals surface area contributed by atoms with E-state index in [1.165, 1.54) is 23.0 Å². The topological polar surface area (TPSA) is 131 Å². The number of hydrogen-bond acceptors (Lipinski definition) is 8. The van der Waals surface area contributed by atoms with Crippen LogP contribution in [0, 0.1) is 18.6 Å². The summed E-state index contributed by atoms with van der Waals surface area (Å²) >= 11 is 3.20. The lowest BCUT2D eigenvalue weighted by Gasteiger charge is -2.32. The molecule has 1 fully saturated rings. The van der Waals surface area contributed by atoms with Gasteiger partial charge in [-0.3, -0.25) is 19.1 Å². The molecule has 0 aliphatic carbocycles. The summed E-state index contributed by atoms with van der Waals surface area (Å²) in [6, 6.07) is 3.15. The van der Waals surface area contributed by atoms with Gasteiger partial charge in [0.05, 0.1) is 24.6 Å². The van der Waals surface area contributed by atoms with Gasteiger partial charge in [0, 0.05) is 37.8 Å². The predicted molar refractivity (Wildman–Crippen MR) is 140 cm³/mol. The number of nitrogens with zero attached hydrogens (tertiary/aromatic N) is 6. The summed E-state index contributed by atoms with van der Waals surface area (Å²) in [6.07, 6.45) is -2.21. The van der Waals surface area contributed by atoms with E-state index < -0.39 is 29.3 Å². The maximum absolute atomic E-state index is 13.9. The van der Waals surface area contributed by atoms with Crippen LogP contribution in [-0.2, 0) is 17.9 Å². The second-order valence-electron chi connectivity index (χ2n) is 8.99. The molecule has 0 atom stereocenters. The van der Waals surface area contributed by atoms with Crippen molar-refractivity contribution in [3.63, 3.8) is 0 Å². The molecule has 0 radical (unpaired) electrons. The maximum atomic E-state index is 13.9. The SMILES string of the molecule is Cc1nc(OCc2ccc(F)cc2F)c(Br)c(=O)n1Cc1cnc(C(=O)N2CCN(C)CC2)cn1.O=C(O)C(F)(F)F. The van der Waals surface area contributed by atoms with E-state index in [4.69, 9.17) is 14.6 Å². The van der Waals surface area contributed by atoms with Gasteiger partial charge in [-0.05, 0) is 42.0 Å². The van der Waals surface area contributed by atoms with Crippen molar-refractivity contribution in [2.75, 3.05) is 33.2 Å². The number of carbonyl (C=O) groups is 2. The normalized spacial score (nSPS) is 13.8. The van der Waals surface area contributed by atoms with Crippen LogP contribution in [-0.4, -0.2) is 85.7 Å². The van der Waals surface area contributed by atoms with Crippen LogP contribution in [0.2, 0.25) is 0 Å². The number of piperazine rings is 1. The van der Waals surface area contributed by atoms with Crippen molar-refractivity contribution in [3.8, 4) is 5.88 Å². The summed E-state index contributed by atoms with van der Waals surface area (Å²) in [4.78, 5) is 51.2. The van der Waals surface area contributed by atoms with Gasteiger partial charge in [0.25, 0.3) is 11.5 Å². The highest BCUT2D eigenvalue weighted by atomic mass is 79.9. The van der Waals surface area contributed by atoms with Gasteiger partial charge in [-0.15, -0.1) is 0 Å². The molecule has 0 spiro atoms. The zero-order valence-electron chi connectivity index (χ0n) is 22.2. The van der Waals surface area contributed by atoms with Crippen molar-refractivity contribution in [1.29, 1.82) is 0 Å². The van der Waals surface area contributed by atoms with E-state index in [2.05, 4.69) is 35.8 Å². The van der Waals surface area contributed by atoms with Crippen molar-refractivity contribution in [2.45, 2.75) is 26.3 Å². The molecule has 11 nitrogen and oxygen atoms in total. The van der Waals surface area contributed by atoms with Gasteiger partial charge < -0.3 is 19.6 Å². The van der Waals surface area contributed by atoms with Crippen molar-refractivity contribution in [1.82, 2.24) is 29.3 Å². The summed E-state index contributed by atoms with van der Waals surface area (Å²) in [6.45, 7) is 4.36. The van der Waals surface area contributed by atoms with E-state index in [1.54, 1.807) is 11.8 Å². The van der Waals surface area contributed by atoms with Crippen LogP contribution in [0.15, 0.2) is 39.9 Å². The molecule has 42 heavy (non-hydrogen) atoms. The Hall–Kier alpha value is -3.99. The minimum absolute atomic E-state index is 0.00770. The third kappa shape index (κ3) is 8.51. The van der Waals surface area contributed by atoms with Crippen LogP contribution in [0.1, 0.15) is 27.6 Å². The molecule has 0 unspecified atom stereocenters. The van der Waals surface area contributed by atoms with Gasteiger partial charge in [-0.2, -0.15) is 18.2 Å². The molecular formula is C25H24BrF5N6O5. The van der Waals surface area contributed by atoms with Crippen LogP contribution in [0.4, 0.5) is 22.0 Å². The summed E-state index contributed by atoms with van der Waals surface area (Å²) < 4.78 is 65.6. The monoisotopic (exact) mass is 662 g/mol. The van der Waals surface area contributed by atoms with E-state index in [0.29, 0.717) is 24.6 Å². The minimum atomic E-state index is -5.08. The van der Waals surface area contributed by atoms with Crippen molar-refractivity contribution in [3.05, 3.63) is 79.8 Å². The average Bonchev–Trinajstić information content (AvgIpc) is 2.93. The van der Waals surface area contributed by atoms with Crippen molar-refractivity contribution >= 4 is 27.8 Å². The lowest BCUT2D eigenvalue weighted by atomic mass is 10.2. The Morgan fingerprint density at radius 3 is 2.29 bits per heavy atom. The molecule has 1 saturated heterocycles. The van der Waals surface area contributed by atoms with Crippen LogP contribution >= 0.6 is 15.9 Å². The van der Waals surface area contributed by atoms with E-state index >= 15 is 0 Å². The Balaban J connectivity index is 0.000000616. The molecule has 1 aliphatic heterocycles. The fraction of sp³-hybridized carbons (Fsp3) is 0.360. The number of aromatic nitrogens is 4. The highest BCUT2D eigenvalue weighted by Crippen LogP contribution is 2.21. The van der Waals surface area contributed by atoms with Gasteiger partial charge in [0.2, 0.25) is 5.88 Å².